The summed E-state index contributed by atoms with van der Waals surface area (Å²) < 4.78 is 11.4. The van der Waals surface area contributed by atoms with E-state index in [0.717, 1.165) is 40.7 Å². The molecule has 7 heteroatoms. The second-order valence-corrected chi connectivity index (χ2v) is 9.65. The van der Waals surface area contributed by atoms with E-state index in [1.165, 1.54) is 0 Å². The highest BCUT2D eigenvalue weighted by Gasteiger charge is 2.67. The van der Waals surface area contributed by atoms with E-state index in [1.54, 1.807) is 18.1 Å². The Morgan fingerprint density at radius 2 is 2.03 bits per heavy atom. The van der Waals surface area contributed by atoms with Gasteiger partial charge < -0.3 is 24.3 Å². The van der Waals surface area contributed by atoms with Crippen LogP contribution in [0.15, 0.2) is 54.2 Å². The molecule has 1 spiro atoms. The van der Waals surface area contributed by atoms with Gasteiger partial charge in [0.1, 0.15) is 12.3 Å². The predicted octanol–water partition coefficient (Wildman–Crippen LogP) is 3.61. The minimum Gasteiger partial charge on any atom is -0.493 e. The van der Waals surface area contributed by atoms with Crippen molar-refractivity contribution >= 4 is 22.6 Å². The van der Waals surface area contributed by atoms with Gasteiger partial charge in [0.25, 0.3) is 5.91 Å². The molecule has 1 N–H and O–H groups in total. The topological polar surface area (TPSA) is 74.9 Å². The molecule has 34 heavy (non-hydrogen) atoms. The van der Waals surface area contributed by atoms with Crippen LogP contribution in [0.3, 0.4) is 0 Å². The van der Waals surface area contributed by atoms with E-state index in [4.69, 9.17) is 9.47 Å². The Morgan fingerprint density at radius 3 is 2.82 bits per heavy atom. The maximum atomic E-state index is 13.6. The fraction of sp³-hybridized carbons (Fsp3) is 0.333. The number of carbonyl (C=O) groups is 2. The summed E-state index contributed by atoms with van der Waals surface area (Å²) in [6.45, 7) is 1.95. The lowest BCUT2D eigenvalue weighted by molar-refractivity contribution is 0.0806. The summed E-state index contributed by atoms with van der Waals surface area (Å²) in [6.07, 6.45) is 2.67. The Labute approximate surface area is 197 Å². The maximum absolute atomic E-state index is 13.6. The highest BCUT2D eigenvalue weighted by Crippen LogP contribution is 2.66. The highest BCUT2D eigenvalue weighted by molar-refractivity contribution is 6.10. The lowest BCUT2D eigenvalue weighted by Crippen LogP contribution is -2.33. The van der Waals surface area contributed by atoms with Crippen LogP contribution < -0.4 is 9.47 Å². The number of ketones is 1. The molecular weight excluding hydrogens is 430 g/mol. The lowest BCUT2D eigenvalue weighted by atomic mass is 9.81. The van der Waals surface area contributed by atoms with Crippen LogP contribution in [0.1, 0.15) is 32.8 Å². The summed E-state index contributed by atoms with van der Waals surface area (Å²) in [5.41, 5.74) is 3.78. The number of piperidine rings is 1. The number of ether oxygens (including phenoxy) is 2. The van der Waals surface area contributed by atoms with Crippen molar-refractivity contribution in [1.29, 1.82) is 0 Å². The van der Waals surface area contributed by atoms with Crippen LogP contribution in [0.5, 0.6) is 11.5 Å². The molecule has 1 aromatic heterocycles. The van der Waals surface area contributed by atoms with Crippen molar-refractivity contribution in [2.24, 2.45) is 5.92 Å². The molecule has 7 nitrogen and oxygen atoms in total. The van der Waals surface area contributed by atoms with Gasteiger partial charge in [-0.3, -0.25) is 9.59 Å². The molecule has 2 heterocycles. The minimum absolute atomic E-state index is 0.0255. The molecule has 1 amide bonds. The van der Waals surface area contributed by atoms with E-state index in [0.29, 0.717) is 36.3 Å². The SMILES string of the molecule is COc1cc2[nH]c(C(=O)N3C[C@H]4C[C@@]45C3=CC(=O)c3ccccc35)cc2cc1OCCN(C)C. The van der Waals surface area contributed by atoms with Crippen molar-refractivity contribution in [2.75, 3.05) is 40.9 Å². The Balaban J connectivity index is 1.31. The van der Waals surface area contributed by atoms with E-state index >= 15 is 0 Å². The van der Waals surface area contributed by atoms with Crippen molar-refractivity contribution in [3.63, 3.8) is 0 Å². The molecule has 1 saturated carbocycles. The number of fused-ring (bicyclic) bond motifs is 2. The number of benzene rings is 2. The largest absolute Gasteiger partial charge is 0.493 e. The van der Waals surface area contributed by atoms with Crippen molar-refractivity contribution in [2.45, 2.75) is 11.8 Å². The third-order valence-corrected chi connectivity index (χ3v) is 7.37. The summed E-state index contributed by atoms with van der Waals surface area (Å²) in [4.78, 5) is 33.5. The number of carbonyl (C=O) groups excluding carboxylic acids is 2. The number of likely N-dealkylation sites (tertiary alicyclic amines) is 1. The molecule has 1 aliphatic heterocycles. The first-order chi connectivity index (χ1) is 16.4. The number of rotatable bonds is 6. The third-order valence-electron chi connectivity index (χ3n) is 7.37. The van der Waals surface area contributed by atoms with Crippen LogP contribution in [-0.4, -0.2) is 67.4 Å². The highest BCUT2D eigenvalue weighted by atomic mass is 16.5. The summed E-state index contributed by atoms with van der Waals surface area (Å²) in [5, 5.41) is 0.877. The van der Waals surface area contributed by atoms with Crippen molar-refractivity contribution in [1.82, 2.24) is 14.8 Å². The number of hydrogen-bond donors (Lipinski definition) is 1. The summed E-state index contributed by atoms with van der Waals surface area (Å²) >= 11 is 0. The molecule has 6 rings (SSSR count). The standard InChI is InChI=1S/C27H27N3O4/c1-29(2)8-9-34-24-11-16-10-21(28-20(16)12-23(24)33-3)26(32)30-15-17-14-27(17)19-7-5-4-6-18(19)22(31)13-25(27)30/h4-7,10-13,17,28H,8-9,14-15H2,1-3H3/t17-,27-/m1/s1. The quantitative estimate of drug-likeness (QED) is 0.612. The van der Waals surface area contributed by atoms with Gasteiger partial charge in [-0.05, 0) is 44.1 Å². The van der Waals surface area contributed by atoms with Gasteiger partial charge in [-0.15, -0.1) is 0 Å². The molecular formula is C27H27N3O4. The van der Waals surface area contributed by atoms with Gasteiger partial charge in [0.2, 0.25) is 0 Å². The second kappa shape index (κ2) is 7.46. The molecule has 2 aromatic carbocycles. The number of likely N-dealkylation sites (N-methyl/N-ethyl adjacent to an activating group) is 1. The van der Waals surface area contributed by atoms with Gasteiger partial charge in [0.15, 0.2) is 17.3 Å². The Bertz CT molecular complexity index is 1370. The van der Waals surface area contributed by atoms with Crippen LogP contribution in [-0.2, 0) is 5.41 Å². The molecule has 0 unspecified atom stereocenters. The van der Waals surface area contributed by atoms with Crippen molar-refractivity contribution < 1.29 is 19.1 Å². The van der Waals surface area contributed by atoms with Gasteiger partial charge >= 0.3 is 0 Å². The Kier molecular flexibility index (Phi) is 4.61. The molecule has 0 radical (unpaired) electrons. The van der Waals surface area contributed by atoms with Gasteiger partial charge in [0.05, 0.1) is 7.11 Å². The molecule has 0 bridgehead atoms. The summed E-state index contributed by atoms with van der Waals surface area (Å²) in [5.74, 6) is 1.48. The van der Waals surface area contributed by atoms with E-state index < -0.39 is 0 Å². The zero-order valence-electron chi connectivity index (χ0n) is 19.6. The number of H-pyrrole nitrogens is 1. The zero-order chi connectivity index (χ0) is 23.6. The fourth-order valence-corrected chi connectivity index (χ4v) is 5.59. The molecule has 2 aliphatic carbocycles. The molecule has 2 atom stereocenters. The van der Waals surface area contributed by atoms with Crippen LogP contribution in [0.4, 0.5) is 0 Å². The normalized spacial score (nSPS) is 22.4. The average molecular weight is 458 g/mol. The zero-order valence-corrected chi connectivity index (χ0v) is 19.6. The van der Waals surface area contributed by atoms with Gasteiger partial charge in [-0.25, -0.2) is 0 Å². The molecule has 174 valence electrons. The first-order valence-electron chi connectivity index (χ1n) is 11.6. The third kappa shape index (κ3) is 3.00. The van der Waals surface area contributed by atoms with E-state index in [1.807, 2.05) is 56.6 Å². The van der Waals surface area contributed by atoms with Gasteiger partial charge in [0, 0.05) is 52.8 Å². The predicted molar refractivity (Wildman–Crippen MR) is 129 cm³/mol. The van der Waals surface area contributed by atoms with Crippen LogP contribution in [0.2, 0.25) is 0 Å². The molecule has 3 aromatic rings. The number of aromatic amines is 1. The summed E-state index contributed by atoms with van der Waals surface area (Å²) in [6, 6.07) is 13.4. The van der Waals surface area contributed by atoms with Crippen molar-refractivity contribution in [3.05, 3.63) is 71.1 Å². The number of aromatic nitrogens is 1. The van der Waals surface area contributed by atoms with E-state index in [-0.39, 0.29) is 17.1 Å². The van der Waals surface area contributed by atoms with Crippen molar-refractivity contribution in [3.8, 4) is 11.5 Å². The lowest BCUT2D eigenvalue weighted by Gasteiger charge is -2.29. The van der Waals surface area contributed by atoms with Crippen LogP contribution >= 0.6 is 0 Å². The maximum Gasteiger partial charge on any atom is 0.274 e. The average Bonchev–Trinajstić information content (AvgIpc) is 3.23. The molecule has 3 aliphatic rings. The molecule has 2 fully saturated rings. The van der Waals surface area contributed by atoms with E-state index in [2.05, 4.69) is 9.88 Å². The minimum atomic E-state index is -0.192. The van der Waals surface area contributed by atoms with Gasteiger partial charge in [-0.1, -0.05) is 24.3 Å². The second-order valence-electron chi connectivity index (χ2n) is 9.65. The molecule has 1 saturated heterocycles. The van der Waals surface area contributed by atoms with E-state index in [9.17, 15) is 9.59 Å². The van der Waals surface area contributed by atoms with Crippen LogP contribution in [0, 0.1) is 5.92 Å². The Morgan fingerprint density at radius 1 is 1.21 bits per heavy atom. The number of amides is 1. The van der Waals surface area contributed by atoms with Gasteiger partial charge in [-0.2, -0.15) is 0 Å². The summed E-state index contributed by atoms with van der Waals surface area (Å²) in [7, 11) is 5.59. The first-order valence-corrected chi connectivity index (χ1v) is 11.6. The van der Waals surface area contributed by atoms with Crippen LogP contribution in [0.25, 0.3) is 10.9 Å². The number of nitrogens with zero attached hydrogens (tertiary/aromatic N) is 2. The number of allylic oxidation sites excluding steroid dienone is 2. The smallest absolute Gasteiger partial charge is 0.274 e. The first kappa shape index (κ1) is 21.0. The number of nitrogens with one attached hydrogen (secondary N) is 1. The Hall–Kier alpha value is -3.58. The number of hydrogen-bond acceptors (Lipinski definition) is 5. The number of methoxy groups -OCH3 is 1. The fourth-order valence-electron chi connectivity index (χ4n) is 5.59. The monoisotopic (exact) mass is 457 g/mol.